The van der Waals surface area contributed by atoms with Crippen LogP contribution in [0.4, 0.5) is 0 Å². The van der Waals surface area contributed by atoms with Crippen LogP contribution in [0.15, 0.2) is 18.3 Å². The van der Waals surface area contributed by atoms with Gasteiger partial charge in [0.15, 0.2) is 0 Å². The SMILES string of the molecule is Cc1cccn1[C@@H](C)CO. The molecule has 1 atom stereocenters. The summed E-state index contributed by atoms with van der Waals surface area (Å²) in [4.78, 5) is 0. The van der Waals surface area contributed by atoms with Gasteiger partial charge in [0.25, 0.3) is 0 Å². The van der Waals surface area contributed by atoms with Gasteiger partial charge in [-0.15, -0.1) is 0 Å². The maximum absolute atomic E-state index is 8.81. The Morgan fingerprint density at radius 2 is 2.40 bits per heavy atom. The minimum absolute atomic E-state index is 0.204. The van der Waals surface area contributed by atoms with Crippen molar-refractivity contribution in [2.45, 2.75) is 19.9 Å². The minimum atomic E-state index is 0.204. The number of aliphatic hydroxyl groups is 1. The number of aromatic nitrogens is 1. The molecule has 1 heterocycles. The van der Waals surface area contributed by atoms with Crippen LogP contribution in [0.25, 0.3) is 0 Å². The number of hydrogen-bond acceptors (Lipinski definition) is 1. The Bertz CT molecular complexity index is 205. The molecule has 0 fully saturated rings. The molecule has 0 aromatic carbocycles. The van der Waals surface area contributed by atoms with Crippen LogP contribution >= 0.6 is 0 Å². The molecule has 2 heteroatoms. The predicted octanol–water partition coefficient (Wildman–Crippen LogP) is 1.35. The van der Waals surface area contributed by atoms with E-state index in [0.717, 1.165) is 0 Å². The van der Waals surface area contributed by atoms with Crippen molar-refractivity contribution >= 4 is 0 Å². The van der Waals surface area contributed by atoms with Gasteiger partial charge in [-0.2, -0.15) is 0 Å². The van der Waals surface area contributed by atoms with E-state index in [2.05, 4.69) is 4.57 Å². The van der Waals surface area contributed by atoms with E-state index in [9.17, 15) is 0 Å². The zero-order valence-electron chi connectivity index (χ0n) is 6.41. The molecule has 0 aliphatic carbocycles. The Kier molecular flexibility index (Phi) is 2.12. The van der Waals surface area contributed by atoms with Crippen molar-refractivity contribution in [3.8, 4) is 0 Å². The molecule has 56 valence electrons. The van der Waals surface area contributed by atoms with Crippen LogP contribution in [0, 0.1) is 6.92 Å². The van der Waals surface area contributed by atoms with Crippen LogP contribution in [0.2, 0.25) is 0 Å². The summed E-state index contributed by atoms with van der Waals surface area (Å²) in [6.07, 6.45) is 1.98. The monoisotopic (exact) mass is 139 g/mol. The van der Waals surface area contributed by atoms with Crippen LogP contribution in [-0.2, 0) is 0 Å². The van der Waals surface area contributed by atoms with Gasteiger partial charge in [0.05, 0.1) is 12.6 Å². The standard InChI is InChI=1S/C8H13NO/c1-7-4-3-5-9(7)8(2)6-10/h3-5,8,10H,6H2,1-2H3/t8-/m0/s1. The molecular weight excluding hydrogens is 126 g/mol. The molecule has 0 radical (unpaired) electrons. The molecule has 0 bridgehead atoms. The molecule has 0 aliphatic rings. The Labute approximate surface area is 61.1 Å². The van der Waals surface area contributed by atoms with E-state index in [-0.39, 0.29) is 12.6 Å². The highest BCUT2D eigenvalue weighted by Crippen LogP contribution is 2.08. The largest absolute Gasteiger partial charge is 0.394 e. The van der Waals surface area contributed by atoms with Crippen molar-refractivity contribution in [2.75, 3.05) is 6.61 Å². The van der Waals surface area contributed by atoms with Gasteiger partial charge in [-0.05, 0) is 26.0 Å². The maximum atomic E-state index is 8.81. The van der Waals surface area contributed by atoms with E-state index < -0.39 is 0 Å². The molecule has 10 heavy (non-hydrogen) atoms. The fraction of sp³-hybridized carbons (Fsp3) is 0.500. The van der Waals surface area contributed by atoms with Gasteiger partial charge < -0.3 is 9.67 Å². The van der Waals surface area contributed by atoms with E-state index in [4.69, 9.17) is 5.11 Å². The van der Waals surface area contributed by atoms with E-state index in [1.54, 1.807) is 0 Å². The Morgan fingerprint density at radius 3 is 2.80 bits per heavy atom. The zero-order chi connectivity index (χ0) is 7.56. The summed E-state index contributed by atoms with van der Waals surface area (Å²) in [5.74, 6) is 0. The maximum Gasteiger partial charge on any atom is 0.0636 e. The van der Waals surface area contributed by atoms with Crippen molar-refractivity contribution in [1.29, 1.82) is 0 Å². The van der Waals surface area contributed by atoms with Crippen molar-refractivity contribution in [2.24, 2.45) is 0 Å². The quantitative estimate of drug-likeness (QED) is 0.657. The third-order valence-electron chi connectivity index (χ3n) is 1.73. The lowest BCUT2D eigenvalue weighted by atomic mass is 10.3. The molecule has 1 N–H and O–H groups in total. The van der Waals surface area contributed by atoms with Crippen LogP contribution in [0.1, 0.15) is 18.7 Å². The van der Waals surface area contributed by atoms with Crippen LogP contribution in [0.5, 0.6) is 0 Å². The number of aliphatic hydroxyl groups excluding tert-OH is 1. The van der Waals surface area contributed by atoms with E-state index in [1.807, 2.05) is 32.2 Å². The highest BCUT2D eigenvalue weighted by molar-refractivity contribution is 5.05. The molecule has 0 unspecified atom stereocenters. The Morgan fingerprint density at radius 1 is 1.70 bits per heavy atom. The van der Waals surface area contributed by atoms with Gasteiger partial charge in [-0.25, -0.2) is 0 Å². The normalized spacial score (nSPS) is 13.5. The summed E-state index contributed by atoms with van der Waals surface area (Å²) < 4.78 is 2.06. The fourth-order valence-electron chi connectivity index (χ4n) is 1.06. The molecular formula is C8H13NO. The first kappa shape index (κ1) is 7.35. The summed E-state index contributed by atoms with van der Waals surface area (Å²) in [7, 11) is 0. The van der Waals surface area contributed by atoms with Gasteiger partial charge in [0.2, 0.25) is 0 Å². The van der Waals surface area contributed by atoms with E-state index >= 15 is 0 Å². The van der Waals surface area contributed by atoms with E-state index in [0.29, 0.717) is 0 Å². The number of rotatable bonds is 2. The second-order valence-electron chi connectivity index (χ2n) is 2.59. The van der Waals surface area contributed by atoms with E-state index in [1.165, 1.54) is 5.69 Å². The third kappa shape index (κ3) is 1.21. The van der Waals surface area contributed by atoms with Crippen molar-refractivity contribution in [1.82, 2.24) is 4.57 Å². The summed E-state index contributed by atoms with van der Waals surface area (Å²) >= 11 is 0. The molecule has 1 aromatic rings. The lowest BCUT2D eigenvalue weighted by Crippen LogP contribution is -2.08. The zero-order valence-corrected chi connectivity index (χ0v) is 6.41. The topological polar surface area (TPSA) is 25.2 Å². The number of aryl methyl sites for hydroxylation is 1. The summed E-state index contributed by atoms with van der Waals surface area (Å²) in [6.45, 7) is 4.23. The highest BCUT2D eigenvalue weighted by Gasteiger charge is 2.02. The van der Waals surface area contributed by atoms with Gasteiger partial charge in [-0.3, -0.25) is 0 Å². The summed E-state index contributed by atoms with van der Waals surface area (Å²) in [5, 5.41) is 8.81. The van der Waals surface area contributed by atoms with Crippen LogP contribution < -0.4 is 0 Å². The minimum Gasteiger partial charge on any atom is -0.394 e. The average Bonchev–Trinajstić information content (AvgIpc) is 2.34. The lowest BCUT2D eigenvalue weighted by molar-refractivity contribution is 0.237. The lowest BCUT2D eigenvalue weighted by Gasteiger charge is -2.11. The third-order valence-corrected chi connectivity index (χ3v) is 1.73. The smallest absolute Gasteiger partial charge is 0.0636 e. The molecule has 1 aromatic heterocycles. The summed E-state index contributed by atoms with van der Waals surface area (Å²) in [6, 6.07) is 4.23. The number of hydrogen-bond donors (Lipinski definition) is 1. The highest BCUT2D eigenvalue weighted by atomic mass is 16.3. The fourth-order valence-corrected chi connectivity index (χ4v) is 1.06. The van der Waals surface area contributed by atoms with Crippen molar-refractivity contribution in [3.63, 3.8) is 0 Å². The molecule has 0 aliphatic heterocycles. The first-order chi connectivity index (χ1) is 4.75. The molecule has 0 saturated heterocycles. The van der Waals surface area contributed by atoms with Crippen LogP contribution in [-0.4, -0.2) is 16.3 Å². The van der Waals surface area contributed by atoms with Gasteiger partial charge in [0.1, 0.15) is 0 Å². The Hall–Kier alpha value is -0.760. The van der Waals surface area contributed by atoms with Gasteiger partial charge in [-0.1, -0.05) is 0 Å². The van der Waals surface area contributed by atoms with Gasteiger partial charge in [0, 0.05) is 11.9 Å². The second kappa shape index (κ2) is 2.88. The van der Waals surface area contributed by atoms with Crippen molar-refractivity contribution < 1.29 is 5.11 Å². The average molecular weight is 139 g/mol. The Balaban J connectivity index is 2.82. The molecule has 1 rings (SSSR count). The predicted molar refractivity (Wildman–Crippen MR) is 41.0 cm³/mol. The summed E-state index contributed by atoms with van der Waals surface area (Å²) in [5.41, 5.74) is 1.20. The molecule has 0 saturated carbocycles. The first-order valence-corrected chi connectivity index (χ1v) is 3.50. The molecule has 0 amide bonds. The molecule has 0 spiro atoms. The van der Waals surface area contributed by atoms with Crippen molar-refractivity contribution in [3.05, 3.63) is 24.0 Å². The second-order valence-corrected chi connectivity index (χ2v) is 2.59. The number of nitrogens with zero attached hydrogens (tertiary/aromatic N) is 1. The first-order valence-electron chi connectivity index (χ1n) is 3.50. The van der Waals surface area contributed by atoms with Gasteiger partial charge >= 0.3 is 0 Å². The molecule has 2 nitrogen and oxygen atoms in total. The van der Waals surface area contributed by atoms with Crippen LogP contribution in [0.3, 0.4) is 0 Å².